The molecule has 0 radical (unpaired) electrons. The van der Waals surface area contributed by atoms with Crippen molar-refractivity contribution < 1.29 is 18.7 Å². The average molecular weight is 343 g/mol. The fourth-order valence-electron chi connectivity index (χ4n) is 2.13. The van der Waals surface area contributed by atoms with Crippen LogP contribution in [0, 0.1) is 12.7 Å². The van der Waals surface area contributed by atoms with Crippen LogP contribution in [-0.4, -0.2) is 32.8 Å². The highest BCUT2D eigenvalue weighted by molar-refractivity contribution is 5.94. The number of ether oxygens (including phenoxy) is 2. The zero-order valence-corrected chi connectivity index (χ0v) is 13.4. The minimum atomic E-state index is -0.614. The van der Waals surface area contributed by atoms with Gasteiger partial charge < -0.3 is 15.2 Å². The van der Waals surface area contributed by atoms with Crippen molar-refractivity contribution in [1.82, 2.24) is 19.7 Å². The lowest BCUT2D eigenvalue weighted by Gasteiger charge is -2.09. The zero-order chi connectivity index (χ0) is 18.0. The number of rotatable bonds is 4. The molecule has 2 heterocycles. The van der Waals surface area contributed by atoms with E-state index in [1.165, 1.54) is 36.2 Å². The quantitative estimate of drug-likeness (QED) is 0.724. The Kier molecular flexibility index (Phi) is 4.29. The maximum atomic E-state index is 13.7. The third-order valence-corrected chi connectivity index (χ3v) is 3.28. The van der Waals surface area contributed by atoms with E-state index in [1.807, 2.05) is 0 Å². The molecule has 0 bridgehead atoms. The molecule has 0 aliphatic rings. The van der Waals surface area contributed by atoms with Crippen LogP contribution in [0.1, 0.15) is 16.2 Å². The monoisotopic (exact) mass is 343 g/mol. The second kappa shape index (κ2) is 6.56. The number of methoxy groups -OCH3 is 1. The average Bonchev–Trinajstić information content (AvgIpc) is 2.97. The molecule has 2 N–H and O–H groups in total. The van der Waals surface area contributed by atoms with Crippen LogP contribution in [0.25, 0.3) is 5.82 Å². The van der Waals surface area contributed by atoms with Crippen molar-refractivity contribution in [2.75, 3.05) is 12.8 Å². The van der Waals surface area contributed by atoms with Gasteiger partial charge in [-0.25, -0.2) is 14.2 Å². The Morgan fingerprint density at radius 2 is 2.04 bits per heavy atom. The Morgan fingerprint density at radius 1 is 1.28 bits per heavy atom. The van der Waals surface area contributed by atoms with E-state index in [0.29, 0.717) is 5.82 Å². The van der Waals surface area contributed by atoms with Gasteiger partial charge in [0.15, 0.2) is 17.4 Å². The number of para-hydroxylation sites is 1. The number of carbonyl (C=O) groups excluding carboxylic acids is 1. The van der Waals surface area contributed by atoms with E-state index >= 15 is 0 Å². The second-order valence-corrected chi connectivity index (χ2v) is 4.99. The number of nitrogen functional groups attached to an aromatic ring is 1. The summed E-state index contributed by atoms with van der Waals surface area (Å²) in [6.45, 7) is 1.64. The van der Waals surface area contributed by atoms with Crippen LogP contribution < -0.4 is 10.5 Å². The van der Waals surface area contributed by atoms with E-state index in [4.69, 9.17) is 10.5 Å². The van der Waals surface area contributed by atoms with Gasteiger partial charge in [-0.2, -0.15) is 14.8 Å². The molecule has 0 saturated carbocycles. The second-order valence-electron chi connectivity index (χ2n) is 4.99. The van der Waals surface area contributed by atoms with Gasteiger partial charge in [0.25, 0.3) is 0 Å². The van der Waals surface area contributed by atoms with Crippen molar-refractivity contribution in [3.8, 4) is 17.4 Å². The van der Waals surface area contributed by atoms with Crippen molar-refractivity contribution in [1.29, 1.82) is 0 Å². The summed E-state index contributed by atoms with van der Waals surface area (Å²) in [5.41, 5.74) is 6.03. The van der Waals surface area contributed by atoms with E-state index in [-0.39, 0.29) is 28.8 Å². The van der Waals surface area contributed by atoms with Crippen molar-refractivity contribution in [2.24, 2.45) is 0 Å². The summed E-state index contributed by atoms with van der Waals surface area (Å²) in [6, 6.07) is 7.38. The molecule has 0 spiro atoms. The Balaban J connectivity index is 1.99. The predicted octanol–water partition coefficient (Wildman–Crippen LogP) is 2.27. The van der Waals surface area contributed by atoms with Crippen LogP contribution in [0.4, 0.5) is 10.2 Å². The highest BCUT2D eigenvalue weighted by Crippen LogP contribution is 2.25. The highest BCUT2D eigenvalue weighted by Gasteiger charge is 2.18. The van der Waals surface area contributed by atoms with Crippen LogP contribution in [0.3, 0.4) is 0 Å². The lowest BCUT2D eigenvalue weighted by Crippen LogP contribution is -2.09. The third-order valence-electron chi connectivity index (χ3n) is 3.28. The standard InChI is InChI=1S/C16H14FN5O3/c1-9-20-13(22-15(18)10(8-19-22)16(23)24-2)7-14(21-9)25-12-6-4-3-5-11(12)17/h3-8H,18H2,1-2H3. The summed E-state index contributed by atoms with van der Waals surface area (Å²) < 4.78 is 25.1. The Bertz CT molecular complexity index is 941. The number of benzene rings is 1. The zero-order valence-electron chi connectivity index (χ0n) is 13.4. The first-order chi connectivity index (χ1) is 12.0. The summed E-state index contributed by atoms with van der Waals surface area (Å²) in [5, 5.41) is 4.03. The molecule has 9 heteroatoms. The fourth-order valence-corrected chi connectivity index (χ4v) is 2.13. The molecule has 25 heavy (non-hydrogen) atoms. The molecule has 0 fully saturated rings. The maximum Gasteiger partial charge on any atom is 0.343 e. The summed E-state index contributed by atoms with van der Waals surface area (Å²) >= 11 is 0. The number of aromatic nitrogens is 4. The first-order valence-electron chi connectivity index (χ1n) is 7.20. The number of anilines is 1. The van der Waals surface area contributed by atoms with Crippen molar-refractivity contribution in [2.45, 2.75) is 6.92 Å². The largest absolute Gasteiger partial charge is 0.465 e. The summed E-state index contributed by atoms with van der Waals surface area (Å²) in [7, 11) is 1.24. The topological polar surface area (TPSA) is 105 Å². The molecular weight excluding hydrogens is 329 g/mol. The van der Waals surface area contributed by atoms with Crippen molar-refractivity contribution in [3.63, 3.8) is 0 Å². The highest BCUT2D eigenvalue weighted by atomic mass is 19.1. The molecule has 0 aliphatic carbocycles. The maximum absolute atomic E-state index is 13.7. The number of hydrogen-bond donors (Lipinski definition) is 1. The number of halogens is 1. The lowest BCUT2D eigenvalue weighted by atomic mass is 10.3. The van der Waals surface area contributed by atoms with Gasteiger partial charge in [0.05, 0.1) is 13.3 Å². The predicted molar refractivity (Wildman–Crippen MR) is 86.1 cm³/mol. The van der Waals surface area contributed by atoms with Gasteiger partial charge in [0, 0.05) is 6.07 Å². The van der Waals surface area contributed by atoms with Crippen LogP contribution in [0.15, 0.2) is 36.5 Å². The van der Waals surface area contributed by atoms with Gasteiger partial charge in [-0.05, 0) is 19.1 Å². The summed E-state index contributed by atoms with van der Waals surface area (Å²) in [4.78, 5) is 20.0. The fraction of sp³-hybridized carbons (Fsp3) is 0.125. The van der Waals surface area contributed by atoms with E-state index < -0.39 is 11.8 Å². The van der Waals surface area contributed by atoms with E-state index in [0.717, 1.165) is 0 Å². The molecule has 1 aromatic carbocycles. The summed E-state index contributed by atoms with van der Waals surface area (Å²) in [6.07, 6.45) is 1.27. The number of carbonyl (C=O) groups is 1. The van der Waals surface area contributed by atoms with Gasteiger partial charge >= 0.3 is 5.97 Å². The third kappa shape index (κ3) is 3.25. The molecule has 0 amide bonds. The van der Waals surface area contributed by atoms with Crippen LogP contribution in [-0.2, 0) is 4.74 Å². The van der Waals surface area contributed by atoms with Crippen LogP contribution in [0.2, 0.25) is 0 Å². The molecule has 0 atom stereocenters. The molecule has 8 nitrogen and oxygen atoms in total. The molecular formula is C16H14FN5O3. The number of hydrogen-bond acceptors (Lipinski definition) is 7. The minimum Gasteiger partial charge on any atom is -0.465 e. The van der Waals surface area contributed by atoms with E-state index in [2.05, 4.69) is 19.8 Å². The molecule has 0 aliphatic heterocycles. The van der Waals surface area contributed by atoms with E-state index in [9.17, 15) is 9.18 Å². The van der Waals surface area contributed by atoms with Gasteiger partial charge in [-0.15, -0.1) is 0 Å². The van der Waals surface area contributed by atoms with E-state index in [1.54, 1.807) is 19.1 Å². The van der Waals surface area contributed by atoms with Gasteiger partial charge in [0.1, 0.15) is 17.2 Å². The van der Waals surface area contributed by atoms with Crippen molar-refractivity contribution in [3.05, 3.63) is 53.7 Å². The van der Waals surface area contributed by atoms with Crippen molar-refractivity contribution >= 4 is 11.8 Å². The van der Waals surface area contributed by atoms with Gasteiger partial charge in [-0.1, -0.05) is 12.1 Å². The molecule has 0 saturated heterocycles. The smallest absolute Gasteiger partial charge is 0.343 e. The lowest BCUT2D eigenvalue weighted by molar-refractivity contribution is 0.0602. The summed E-state index contributed by atoms with van der Waals surface area (Å²) in [5.74, 6) is -0.312. The number of esters is 1. The minimum absolute atomic E-state index is 0.0234. The molecule has 0 unspecified atom stereocenters. The molecule has 128 valence electrons. The Morgan fingerprint density at radius 3 is 2.76 bits per heavy atom. The first-order valence-corrected chi connectivity index (χ1v) is 7.20. The van der Waals surface area contributed by atoms with Gasteiger partial charge in [-0.3, -0.25) is 0 Å². The number of aryl methyl sites for hydroxylation is 1. The normalized spacial score (nSPS) is 10.5. The van der Waals surface area contributed by atoms with Crippen LogP contribution in [0.5, 0.6) is 11.6 Å². The number of nitrogens with two attached hydrogens (primary N) is 1. The Labute approximate surface area is 142 Å². The Hall–Kier alpha value is -3.49. The molecule has 3 rings (SSSR count). The van der Waals surface area contributed by atoms with Gasteiger partial charge in [0.2, 0.25) is 5.88 Å². The first kappa shape index (κ1) is 16.4. The molecule has 3 aromatic rings. The number of nitrogens with zero attached hydrogens (tertiary/aromatic N) is 4. The molecule has 2 aromatic heterocycles. The SMILES string of the molecule is COC(=O)c1cnn(-c2cc(Oc3ccccc3F)nc(C)n2)c1N. The van der Waals surface area contributed by atoms with Crippen LogP contribution >= 0.6 is 0 Å².